The van der Waals surface area contributed by atoms with E-state index in [9.17, 15) is 4.39 Å². The normalized spacial score (nSPS) is 10.6. The maximum Gasteiger partial charge on any atom is 0.123 e. The molecule has 1 heterocycles. The molecule has 0 radical (unpaired) electrons. The molecule has 0 aliphatic rings. The molecule has 2 rings (SSSR count). The summed E-state index contributed by atoms with van der Waals surface area (Å²) in [6.45, 7) is 2.51. The SMILES string of the molecule is CCc1ccc(Cc2cc(F)ccc2CN)nc1. The number of hydrogen-bond acceptors (Lipinski definition) is 2. The lowest BCUT2D eigenvalue weighted by atomic mass is 10.0. The predicted octanol–water partition coefficient (Wildman–Crippen LogP) is 2.83. The number of pyridine rings is 1. The molecule has 2 N–H and O–H groups in total. The average molecular weight is 244 g/mol. The Balaban J connectivity index is 2.24. The van der Waals surface area contributed by atoms with Crippen molar-refractivity contribution in [3.05, 3.63) is 64.7 Å². The summed E-state index contributed by atoms with van der Waals surface area (Å²) in [7, 11) is 0. The number of halogens is 1. The highest BCUT2D eigenvalue weighted by molar-refractivity contribution is 5.31. The highest BCUT2D eigenvalue weighted by atomic mass is 19.1. The molecule has 0 spiro atoms. The summed E-state index contributed by atoms with van der Waals surface area (Å²) in [5.74, 6) is -0.229. The molecule has 94 valence electrons. The summed E-state index contributed by atoms with van der Waals surface area (Å²) < 4.78 is 13.2. The molecule has 0 bridgehead atoms. The summed E-state index contributed by atoms with van der Waals surface area (Å²) in [5, 5.41) is 0. The lowest BCUT2D eigenvalue weighted by Gasteiger charge is -2.08. The second kappa shape index (κ2) is 5.74. The Morgan fingerprint density at radius 2 is 2.00 bits per heavy atom. The van der Waals surface area contributed by atoms with E-state index in [-0.39, 0.29) is 5.82 Å². The van der Waals surface area contributed by atoms with Crippen molar-refractivity contribution in [1.29, 1.82) is 0 Å². The minimum atomic E-state index is -0.229. The van der Waals surface area contributed by atoms with E-state index < -0.39 is 0 Å². The van der Waals surface area contributed by atoms with Gasteiger partial charge in [-0.1, -0.05) is 19.1 Å². The van der Waals surface area contributed by atoms with Crippen LogP contribution in [0, 0.1) is 5.82 Å². The van der Waals surface area contributed by atoms with E-state index in [4.69, 9.17) is 5.73 Å². The van der Waals surface area contributed by atoms with Crippen LogP contribution in [0.25, 0.3) is 0 Å². The van der Waals surface area contributed by atoms with Crippen LogP contribution in [0.3, 0.4) is 0 Å². The number of aryl methyl sites for hydroxylation is 1. The van der Waals surface area contributed by atoms with Crippen LogP contribution in [-0.4, -0.2) is 4.98 Å². The minimum Gasteiger partial charge on any atom is -0.326 e. The summed E-state index contributed by atoms with van der Waals surface area (Å²) in [6.07, 6.45) is 3.46. The Morgan fingerprint density at radius 1 is 1.17 bits per heavy atom. The van der Waals surface area contributed by atoms with Crippen LogP contribution in [0.1, 0.15) is 29.3 Å². The second-order valence-electron chi connectivity index (χ2n) is 4.31. The third-order valence-electron chi connectivity index (χ3n) is 3.05. The van der Waals surface area contributed by atoms with Crippen LogP contribution in [0.4, 0.5) is 4.39 Å². The summed E-state index contributed by atoms with van der Waals surface area (Å²) in [5.41, 5.74) is 9.68. The zero-order chi connectivity index (χ0) is 13.0. The predicted molar refractivity (Wildman–Crippen MR) is 70.7 cm³/mol. The third-order valence-corrected chi connectivity index (χ3v) is 3.05. The van der Waals surface area contributed by atoms with Crippen molar-refractivity contribution in [2.45, 2.75) is 26.3 Å². The first kappa shape index (κ1) is 12.7. The van der Waals surface area contributed by atoms with Crippen molar-refractivity contribution in [2.24, 2.45) is 5.73 Å². The molecular formula is C15H17FN2. The second-order valence-corrected chi connectivity index (χ2v) is 4.31. The Hall–Kier alpha value is -1.74. The molecule has 0 saturated heterocycles. The molecule has 0 amide bonds. The van der Waals surface area contributed by atoms with Crippen LogP contribution in [0.5, 0.6) is 0 Å². The van der Waals surface area contributed by atoms with Gasteiger partial charge in [-0.3, -0.25) is 4.98 Å². The van der Waals surface area contributed by atoms with Gasteiger partial charge in [0.05, 0.1) is 0 Å². The summed E-state index contributed by atoms with van der Waals surface area (Å²) >= 11 is 0. The van der Waals surface area contributed by atoms with Gasteiger partial charge in [-0.15, -0.1) is 0 Å². The first-order valence-corrected chi connectivity index (χ1v) is 6.14. The van der Waals surface area contributed by atoms with E-state index in [1.54, 1.807) is 6.07 Å². The van der Waals surface area contributed by atoms with Crippen molar-refractivity contribution in [3.8, 4) is 0 Å². The molecule has 3 heteroatoms. The fourth-order valence-corrected chi connectivity index (χ4v) is 1.92. The molecule has 0 saturated carbocycles. The van der Waals surface area contributed by atoms with Crippen LogP contribution in [0.2, 0.25) is 0 Å². The fourth-order valence-electron chi connectivity index (χ4n) is 1.92. The van der Waals surface area contributed by atoms with Crippen molar-refractivity contribution in [3.63, 3.8) is 0 Å². The standard InChI is InChI=1S/C15H17FN2/c1-2-11-3-6-15(18-10-11)8-13-7-14(16)5-4-12(13)9-17/h3-7,10H,2,8-9,17H2,1H3. The number of nitrogens with two attached hydrogens (primary N) is 1. The Kier molecular flexibility index (Phi) is 4.05. The van der Waals surface area contributed by atoms with Crippen molar-refractivity contribution < 1.29 is 4.39 Å². The van der Waals surface area contributed by atoms with E-state index in [0.29, 0.717) is 13.0 Å². The lowest BCUT2D eigenvalue weighted by molar-refractivity contribution is 0.624. The van der Waals surface area contributed by atoms with Gasteiger partial charge in [0.25, 0.3) is 0 Å². The lowest BCUT2D eigenvalue weighted by Crippen LogP contribution is -2.03. The van der Waals surface area contributed by atoms with Gasteiger partial charge in [0.1, 0.15) is 5.82 Å². The number of rotatable bonds is 4. The monoisotopic (exact) mass is 244 g/mol. The van der Waals surface area contributed by atoms with Gasteiger partial charge in [-0.25, -0.2) is 4.39 Å². The van der Waals surface area contributed by atoms with Gasteiger partial charge in [0.2, 0.25) is 0 Å². The Labute approximate surface area is 107 Å². The largest absolute Gasteiger partial charge is 0.326 e. The number of benzene rings is 1. The highest BCUT2D eigenvalue weighted by Gasteiger charge is 2.05. The molecule has 1 aromatic carbocycles. The van der Waals surface area contributed by atoms with Gasteiger partial charge in [-0.05, 0) is 41.3 Å². The molecule has 18 heavy (non-hydrogen) atoms. The van der Waals surface area contributed by atoms with E-state index in [0.717, 1.165) is 23.2 Å². The van der Waals surface area contributed by atoms with Crippen molar-refractivity contribution in [1.82, 2.24) is 4.98 Å². The maximum absolute atomic E-state index is 13.2. The van der Waals surface area contributed by atoms with Gasteiger partial charge >= 0.3 is 0 Å². The maximum atomic E-state index is 13.2. The topological polar surface area (TPSA) is 38.9 Å². The van der Waals surface area contributed by atoms with Gasteiger partial charge in [0.15, 0.2) is 0 Å². The zero-order valence-corrected chi connectivity index (χ0v) is 10.5. The molecular weight excluding hydrogens is 227 g/mol. The first-order valence-electron chi connectivity index (χ1n) is 6.14. The number of nitrogens with zero attached hydrogens (tertiary/aromatic N) is 1. The van der Waals surface area contributed by atoms with Crippen molar-refractivity contribution in [2.75, 3.05) is 0 Å². The number of hydrogen-bond donors (Lipinski definition) is 1. The molecule has 2 nitrogen and oxygen atoms in total. The molecule has 0 unspecified atom stereocenters. The third kappa shape index (κ3) is 2.93. The average Bonchev–Trinajstić information content (AvgIpc) is 2.40. The van der Waals surface area contributed by atoms with Crippen LogP contribution in [-0.2, 0) is 19.4 Å². The zero-order valence-electron chi connectivity index (χ0n) is 10.5. The molecule has 0 atom stereocenters. The van der Waals surface area contributed by atoms with E-state index in [1.807, 2.05) is 12.3 Å². The van der Waals surface area contributed by atoms with E-state index >= 15 is 0 Å². The molecule has 0 aliphatic carbocycles. The molecule has 0 aliphatic heterocycles. The van der Waals surface area contributed by atoms with E-state index in [1.165, 1.54) is 17.7 Å². The van der Waals surface area contributed by atoms with Gasteiger partial charge < -0.3 is 5.73 Å². The van der Waals surface area contributed by atoms with Crippen LogP contribution >= 0.6 is 0 Å². The Bertz CT molecular complexity index is 521. The smallest absolute Gasteiger partial charge is 0.123 e. The quantitative estimate of drug-likeness (QED) is 0.898. The molecule has 2 aromatic rings. The summed E-state index contributed by atoms with van der Waals surface area (Å²) in [6, 6.07) is 8.77. The number of aromatic nitrogens is 1. The van der Waals surface area contributed by atoms with E-state index in [2.05, 4.69) is 18.0 Å². The highest BCUT2D eigenvalue weighted by Crippen LogP contribution is 2.15. The summed E-state index contributed by atoms with van der Waals surface area (Å²) in [4.78, 5) is 4.39. The molecule has 1 aromatic heterocycles. The minimum absolute atomic E-state index is 0.229. The van der Waals surface area contributed by atoms with Crippen LogP contribution < -0.4 is 5.73 Å². The first-order chi connectivity index (χ1) is 8.72. The van der Waals surface area contributed by atoms with Crippen LogP contribution in [0.15, 0.2) is 36.5 Å². The van der Waals surface area contributed by atoms with Gasteiger partial charge in [0, 0.05) is 24.9 Å². The van der Waals surface area contributed by atoms with Gasteiger partial charge in [-0.2, -0.15) is 0 Å². The molecule has 0 fully saturated rings. The van der Waals surface area contributed by atoms with Crippen molar-refractivity contribution >= 4 is 0 Å². The fraction of sp³-hybridized carbons (Fsp3) is 0.267. The Morgan fingerprint density at radius 3 is 2.61 bits per heavy atom.